The molecule has 0 aliphatic heterocycles. The zero-order chi connectivity index (χ0) is 14.1. The van der Waals surface area contributed by atoms with Crippen LogP contribution in [0.2, 0.25) is 0 Å². The third-order valence-electron chi connectivity index (χ3n) is 2.98. The van der Waals surface area contributed by atoms with Crippen molar-refractivity contribution in [3.63, 3.8) is 0 Å². The lowest BCUT2D eigenvalue weighted by Gasteiger charge is -2.11. The molecule has 108 valence electrons. The minimum absolute atomic E-state index is 0.185. The Kier molecular flexibility index (Phi) is 7.48. The van der Waals surface area contributed by atoms with Gasteiger partial charge in [-0.15, -0.1) is 11.3 Å². The van der Waals surface area contributed by atoms with E-state index in [0.717, 1.165) is 10.8 Å². The third kappa shape index (κ3) is 6.57. The fourth-order valence-electron chi connectivity index (χ4n) is 1.80. The molecule has 1 unspecified atom stereocenters. The van der Waals surface area contributed by atoms with Gasteiger partial charge in [-0.2, -0.15) is 0 Å². The molecule has 0 aromatic carbocycles. The molecule has 1 aromatic heterocycles. The number of thiazole rings is 1. The monoisotopic (exact) mass is 284 g/mol. The van der Waals surface area contributed by atoms with Crippen molar-refractivity contribution < 1.29 is 9.53 Å². The van der Waals surface area contributed by atoms with E-state index in [2.05, 4.69) is 28.9 Å². The molecule has 0 spiro atoms. The molecule has 1 heterocycles. The number of hydrogen-bond donors (Lipinski definition) is 1. The number of hydrogen-bond acceptors (Lipinski definition) is 5. The third-order valence-corrected chi connectivity index (χ3v) is 3.80. The maximum Gasteiger partial charge on any atom is 0.305 e. The number of carbonyl (C=O) groups excluding carboxylic acids is 1. The van der Waals surface area contributed by atoms with Gasteiger partial charge in [-0.3, -0.25) is 4.79 Å². The van der Waals surface area contributed by atoms with Crippen LogP contribution in [0.1, 0.15) is 51.6 Å². The van der Waals surface area contributed by atoms with E-state index in [4.69, 9.17) is 0 Å². The quantitative estimate of drug-likeness (QED) is 0.556. The maximum atomic E-state index is 11.1. The first-order chi connectivity index (χ1) is 9.15. The van der Waals surface area contributed by atoms with Crippen molar-refractivity contribution in [3.05, 3.63) is 11.1 Å². The predicted octanol–water partition coefficient (Wildman–Crippen LogP) is 3.63. The zero-order valence-electron chi connectivity index (χ0n) is 12.1. The molecular weight excluding hydrogens is 260 g/mol. The van der Waals surface area contributed by atoms with Crippen molar-refractivity contribution in [1.29, 1.82) is 0 Å². The summed E-state index contributed by atoms with van der Waals surface area (Å²) in [6.07, 6.45) is 6.01. The summed E-state index contributed by atoms with van der Waals surface area (Å²) in [6, 6.07) is 0.450. The Morgan fingerprint density at radius 3 is 3.00 bits per heavy atom. The zero-order valence-corrected chi connectivity index (χ0v) is 12.9. The van der Waals surface area contributed by atoms with Gasteiger partial charge in [0, 0.05) is 17.8 Å². The van der Waals surface area contributed by atoms with Crippen molar-refractivity contribution in [3.8, 4) is 0 Å². The van der Waals surface area contributed by atoms with Crippen molar-refractivity contribution in [2.75, 3.05) is 12.4 Å². The molecule has 0 saturated carbocycles. The smallest absolute Gasteiger partial charge is 0.305 e. The molecule has 1 atom stereocenters. The lowest BCUT2D eigenvalue weighted by molar-refractivity contribution is -0.140. The normalized spacial score (nSPS) is 12.2. The van der Waals surface area contributed by atoms with Gasteiger partial charge in [0.2, 0.25) is 0 Å². The minimum atomic E-state index is -0.185. The van der Waals surface area contributed by atoms with Crippen molar-refractivity contribution in [1.82, 2.24) is 4.98 Å². The van der Waals surface area contributed by atoms with Crippen molar-refractivity contribution in [2.24, 2.45) is 0 Å². The van der Waals surface area contributed by atoms with E-state index in [1.165, 1.54) is 32.8 Å². The molecule has 19 heavy (non-hydrogen) atoms. The van der Waals surface area contributed by atoms with Crippen LogP contribution in [0.15, 0.2) is 5.38 Å². The van der Waals surface area contributed by atoms with Gasteiger partial charge in [-0.1, -0.05) is 26.2 Å². The van der Waals surface area contributed by atoms with E-state index >= 15 is 0 Å². The number of ether oxygens (including phenoxy) is 1. The standard InChI is InChI=1S/C14H24N2O2S/c1-4-5-6-7-11(2)15-14-16-12(10-19-14)8-9-13(17)18-3/h10-11H,4-9H2,1-3H3,(H,15,16). The Hall–Kier alpha value is -1.10. The van der Waals surface area contributed by atoms with Gasteiger partial charge in [0.25, 0.3) is 0 Å². The fourth-order valence-corrected chi connectivity index (χ4v) is 2.66. The Morgan fingerprint density at radius 2 is 2.32 bits per heavy atom. The molecule has 0 fully saturated rings. The first-order valence-electron chi connectivity index (χ1n) is 6.93. The number of unbranched alkanes of at least 4 members (excludes halogenated alkanes) is 2. The highest BCUT2D eigenvalue weighted by atomic mass is 32.1. The van der Waals surface area contributed by atoms with Crippen molar-refractivity contribution >= 4 is 22.4 Å². The fraction of sp³-hybridized carbons (Fsp3) is 0.714. The van der Waals surface area contributed by atoms with Crippen LogP contribution in [0.5, 0.6) is 0 Å². The van der Waals surface area contributed by atoms with Crippen LogP contribution in [-0.4, -0.2) is 24.1 Å². The van der Waals surface area contributed by atoms with Gasteiger partial charge >= 0.3 is 5.97 Å². The predicted molar refractivity (Wildman–Crippen MR) is 79.7 cm³/mol. The summed E-state index contributed by atoms with van der Waals surface area (Å²) >= 11 is 1.60. The minimum Gasteiger partial charge on any atom is -0.469 e. The summed E-state index contributed by atoms with van der Waals surface area (Å²) in [5.41, 5.74) is 0.957. The van der Waals surface area contributed by atoms with Crippen molar-refractivity contribution in [2.45, 2.75) is 58.4 Å². The van der Waals surface area contributed by atoms with Gasteiger partial charge in [0.15, 0.2) is 5.13 Å². The van der Waals surface area contributed by atoms with E-state index in [1.807, 2.05) is 5.38 Å². The van der Waals surface area contributed by atoms with Crippen LogP contribution >= 0.6 is 11.3 Å². The van der Waals surface area contributed by atoms with Crippen LogP contribution in [0, 0.1) is 0 Å². The molecule has 1 aromatic rings. The van der Waals surface area contributed by atoms with E-state index in [9.17, 15) is 4.79 Å². The first kappa shape index (κ1) is 16.0. The van der Waals surface area contributed by atoms with E-state index in [0.29, 0.717) is 18.9 Å². The highest BCUT2D eigenvalue weighted by Crippen LogP contribution is 2.18. The van der Waals surface area contributed by atoms with Crippen LogP contribution in [0.4, 0.5) is 5.13 Å². The Labute approximate surface area is 119 Å². The van der Waals surface area contributed by atoms with Gasteiger partial charge in [0.05, 0.1) is 19.2 Å². The molecule has 0 aliphatic rings. The van der Waals surface area contributed by atoms with Gasteiger partial charge in [-0.05, 0) is 13.3 Å². The van der Waals surface area contributed by atoms with Crippen LogP contribution in [-0.2, 0) is 16.0 Å². The molecule has 0 aliphatic carbocycles. The number of aryl methyl sites for hydroxylation is 1. The molecule has 0 saturated heterocycles. The van der Waals surface area contributed by atoms with Crippen LogP contribution in [0.25, 0.3) is 0 Å². The summed E-state index contributed by atoms with van der Waals surface area (Å²) in [5, 5.41) is 6.37. The average Bonchev–Trinajstić information content (AvgIpc) is 2.83. The Bertz CT molecular complexity index is 379. The molecule has 5 heteroatoms. The highest BCUT2D eigenvalue weighted by molar-refractivity contribution is 7.13. The second-order valence-electron chi connectivity index (χ2n) is 4.76. The second kappa shape index (κ2) is 8.91. The number of esters is 1. The van der Waals surface area contributed by atoms with Gasteiger partial charge < -0.3 is 10.1 Å². The molecule has 4 nitrogen and oxygen atoms in total. The van der Waals surface area contributed by atoms with Gasteiger partial charge in [-0.25, -0.2) is 4.98 Å². The summed E-state index contributed by atoms with van der Waals surface area (Å²) in [7, 11) is 1.41. The summed E-state index contributed by atoms with van der Waals surface area (Å²) in [6.45, 7) is 4.40. The molecule has 0 bridgehead atoms. The number of nitrogens with zero attached hydrogens (tertiary/aromatic N) is 1. The van der Waals surface area contributed by atoms with Crippen LogP contribution < -0.4 is 5.32 Å². The number of anilines is 1. The summed E-state index contributed by atoms with van der Waals surface area (Å²) < 4.78 is 4.62. The summed E-state index contributed by atoms with van der Waals surface area (Å²) in [4.78, 5) is 15.5. The average molecular weight is 284 g/mol. The second-order valence-corrected chi connectivity index (χ2v) is 5.62. The number of nitrogens with one attached hydrogen (secondary N) is 1. The Morgan fingerprint density at radius 1 is 1.53 bits per heavy atom. The number of methoxy groups -OCH3 is 1. The Balaban J connectivity index is 2.31. The van der Waals surface area contributed by atoms with E-state index in [-0.39, 0.29) is 5.97 Å². The first-order valence-corrected chi connectivity index (χ1v) is 7.81. The lowest BCUT2D eigenvalue weighted by atomic mass is 10.1. The summed E-state index contributed by atoms with van der Waals surface area (Å²) in [5.74, 6) is -0.185. The van der Waals surface area contributed by atoms with Crippen LogP contribution in [0.3, 0.4) is 0 Å². The number of aromatic nitrogens is 1. The molecule has 1 rings (SSSR count). The number of rotatable bonds is 9. The lowest BCUT2D eigenvalue weighted by Crippen LogP contribution is -2.14. The molecular formula is C14H24N2O2S. The topological polar surface area (TPSA) is 51.2 Å². The molecule has 0 amide bonds. The van der Waals surface area contributed by atoms with E-state index in [1.54, 1.807) is 11.3 Å². The molecule has 0 radical (unpaired) electrons. The molecule has 1 N–H and O–H groups in total. The number of carbonyl (C=O) groups is 1. The largest absolute Gasteiger partial charge is 0.469 e. The highest BCUT2D eigenvalue weighted by Gasteiger charge is 2.08. The maximum absolute atomic E-state index is 11.1. The van der Waals surface area contributed by atoms with Gasteiger partial charge in [0.1, 0.15) is 0 Å². The van der Waals surface area contributed by atoms with E-state index < -0.39 is 0 Å². The SMILES string of the molecule is CCCCCC(C)Nc1nc(CCC(=O)OC)cs1.